The molecule has 0 saturated heterocycles. The molecule has 0 unspecified atom stereocenters. The molecule has 1 heterocycles. The molecule has 0 atom stereocenters. The van der Waals surface area contributed by atoms with E-state index in [1.807, 2.05) is 19.1 Å². The Kier molecular flexibility index (Phi) is 6.21. The molecule has 1 aromatic heterocycles. The van der Waals surface area contributed by atoms with E-state index in [2.05, 4.69) is 4.98 Å². The van der Waals surface area contributed by atoms with Gasteiger partial charge in [-0.3, -0.25) is 19.1 Å². The number of unbranched alkanes of at least 4 members (excludes halogenated alkanes) is 1. The van der Waals surface area contributed by atoms with E-state index >= 15 is 0 Å². The van der Waals surface area contributed by atoms with Gasteiger partial charge in [-0.1, -0.05) is 31.5 Å². The third kappa shape index (κ3) is 3.96. The number of hydrogen-bond donors (Lipinski definition) is 2. The van der Waals surface area contributed by atoms with Crippen molar-refractivity contribution in [3.05, 3.63) is 50.7 Å². The number of aromatic nitrogens is 2. The smallest absolute Gasteiger partial charge is 0.330 e. The molecule has 140 valence electrons. The minimum absolute atomic E-state index is 0.0164. The summed E-state index contributed by atoms with van der Waals surface area (Å²) in [6.07, 6.45) is 1.58. The first-order chi connectivity index (χ1) is 12.4. The van der Waals surface area contributed by atoms with Gasteiger partial charge in [0.15, 0.2) is 5.69 Å². The molecule has 0 spiro atoms. The Balaban J connectivity index is 2.55. The van der Waals surface area contributed by atoms with Crippen molar-refractivity contribution < 1.29 is 9.53 Å². The maximum Gasteiger partial charge on any atom is 0.330 e. The van der Waals surface area contributed by atoms with Gasteiger partial charge in [-0.2, -0.15) is 0 Å². The zero-order valence-electron chi connectivity index (χ0n) is 15.2. The third-order valence-electron chi connectivity index (χ3n) is 4.12. The van der Waals surface area contributed by atoms with Crippen molar-refractivity contribution in [3.63, 3.8) is 0 Å². The van der Waals surface area contributed by atoms with E-state index in [4.69, 9.17) is 10.5 Å². The zero-order valence-corrected chi connectivity index (χ0v) is 15.2. The number of anilines is 2. The number of benzene rings is 1. The molecule has 2 rings (SSSR count). The summed E-state index contributed by atoms with van der Waals surface area (Å²) in [4.78, 5) is 40.2. The number of hydrogen-bond acceptors (Lipinski definition) is 5. The lowest BCUT2D eigenvalue weighted by Crippen LogP contribution is -2.40. The van der Waals surface area contributed by atoms with Crippen molar-refractivity contribution >= 4 is 17.4 Å². The number of nitrogen functional groups attached to an aromatic ring is 1. The number of methoxy groups -OCH3 is 1. The fourth-order valence-electron chi connectivity index (χ4n) is 2.73. The summed E-state index contributed by atoms with van der Waals surface area (Å²) in [6.45, 7) is 3.79. The molecule has 0 saturated carbocycles. The molecule has 0 radical (unpaired) electrons. The lowest BCUT2D eigenvalue weighted by atomic mass is 10.1. The van der Waals surface area contributed by atoms with Gasteiger partial charge in [-0.15, -0.1) is 0 Å². The summed E-state index contributed by atoms with van der Waals surface area (Å²) in [5.41, 5.74) is 5.53. The minimum Gasteiger partial charge on any atom is -0.496 e. The van der Waals surface area contributed by atoms with E-state index in [-0.39, 0.29) is 24.0 Å². The Hall–Kier alpha value is -3.03. The highest BCUT2D eigenvalue weighted by Gasteiger charge is 2.23. The van der Waals surface area contributed by atoms with Gasteiger partial charge in [-0.25, -0.2) is 4.79 Å². The summed E-state index contributed by atoms with van der Waals surface area (Å²) in [5.74, 6) is 0.208. The van der Waals surface area contributed by atoms with E-state index in [9.17, 15) is 14.4 Å². The first kappa shape index (κ1) is 19.3. The van der Waals surface area contributed by atoms with Crippen molar-refractivity contribution in [1.82, 2.24) is 9.55 Å². The number of amides is 1. The predicted molar refractivity (Wildman–Crippen MR) is 101 cm³/mol. The second kappa shape index (κ2) is 8.37. The lowest BCUT2D eigenvalue weighted by Gasteiger charge is -2.24. The Labute approximate surface area is 151 Å². The number of aromatic amines is 1. The number of para-hydroxylation sites is 1. The predicted octanol–water partition coefficient (Wildman–Crippen LogP) is 1.48. The molecular formula is C18H24N4O4. The van der Waals surface area contributed by atoms with Crippen LogP contribution in [0.2, 0.25) is 0 Å². The quantitative estimate of drug-likeness (QED) is 0.777. The van der Waals surface area contributed by atoms with E-state index in [0.717, 1.165) is 18.4 Å². The molecular weight excluding hydrogens is 336 g/mol. The van der Waals surface area contributed by atoms with Crippen LogP contribution in [0, 0.1) is 0 Å². The summed E-state index contributed by atoms with van der Waals surface area (Å²) in [6, 6.07) is 7.19. The van der Waals surface area contributed by atoms with Crippen LogP contribution in [0.4, 0.5) is 11.5 Å². The van der Waals surface area contributed by atoms with Gasteiger partial charge in [0, 0.05) is 19.0 Å². The van der Waals surface area contributed by atoms with Crippen molar-refractivity contribution in [2.45, 2.75) is 39.8 Å². The number of carbonyl (C=O) groups is 1. The molecule has 1 aromatic carbocycles. The molecule has 0 bridgehead atoms. The van der Waals surface area contributed by atoms with Gasteiger partial charge >= 0.3 is 5.69 Å². The zero-order chi connectivity index (χ0) is 19.3. The Morgan fingerprint density at radius 2 is 2.00 bits per heavy atom. The average molecular weight is 360 g/mol. The second-order valence-corrected chi connectivity index (χ2v) is 5.92. The fourth-order valence-corrected chi connectivity index (χ4v) is 2.73. The van der Waals surface area contributed by atoms with Gasteiger partial charge in [0.25, 0.3) is 5.56 Å². The van der Waals surface area contributed by atoms with Crippen LogP contribution in [0.5, 0.6) is 5.75 Å². The lowest BCUT2D eigenvalue weighted by molar-refractivity contribution is -0.116. The standard InChI is InChI=1S/C18H24N4O4/c1-4-5-10-21-16(19)15(17(24)20-18(21)25)22(12(2)23)11-13-8-6-7-9-14(13)26-3/h6-9H,4-5,10-11,19H2,1-3H3,(H,20,24,25). The van der Waals surface area contributed by atoms with Crippen LogP contribution < -0.4 is 26.6 Å². The van der Waals surface area contributed by atoms with Crippen molar-refractivity contribution in [3.8, 4) is 5.75 Å². The maximum absolute atomic E-state index is 12.4. The van der Waals surface area contributed by atoms with Gasteiger partial charge in [0.2, 0.25) is 5.91 Å². The van der Waals surface area contributed by atoms with Crippen LogP contribution in [-0.4, -0.2) is 22.6 Å². The molecule has 0 aliphatic heterocycles. The van der Waals surface area contributed by atoms with Crippen molar-refractivity contribution in [2.75, 3.05) is 17.7 Å². The average Bonchev–Trinajstić information content (AvgIpc) is 2.60. The first-order valence-electron chi connectivity index (χ1n) is 8.43. The molecule has 2 aromatic rings. The number of ether oxygens (including phenoxy) is 1. The summed E-state index contributed by atoms with van der Waals surface area (Å²) in [5, 5.41) is 0. The molecule has 0 aliphatic rings. The Morgan fingerprint density at radius 3 is 2.62 bits per heavy atom. The maximum atomic E-state index is 12.4. The highest BCUT2D eigenvalue weighted by atomic mass is 16.5. The van der Waals surface area contributed by atoms with Gasteiger partial charge in [-0.05, 0) is 12.5 Å². The van der Waals surface area contributed by atoms with E-state index < -0.39 is 11.2 Å². The van der Waals surface area contributed by atoms with Gasteiger partial charge < -0.3 is 15.4 Å². The Bertz CT molecular complexity index is 901. The topological polar surface area (TPSA) is 110 Å². The van der Waals surface area contributed by atoms with Crippen LogP contribution in [0.15, 0.2) is 33.9 Å². The normalized spacial score (nSPS) is 10.6. The summed E-state index contributed by atoms with van der Waals surface area (Å²) >= 11 is 0. The molecule has 0 fully saturated rings. The molecule has 0 aliphatic carbocycles. The fraction of sp³-hybridized carbons (Fsp3) is 0.389. The molecule has 1 amide bonds. The number of carbonyl (C=O) groups excluding carboxylic acids is 1. The van der Waals surface area contributed by atoms with Crippen LogP contribution in [-0.2, 0) is 17.9 Å². The number of rotatable bonds is 7. The summed E-state index contributed by atoms with van der Waals surface area (Å²) in [7, 11) is 1.53. The summed E-state index contributed by atoms with van der Waals surface area (Å²) < 4.78 is 6.60. The van der Waals surface area contributed by atoms with Gasteiger partial charge in [0.1, 0.15) is 11.6 Å². The number of nitrogens with two attached hydrogens (primary N) is 1. The largest absolute Gasteiger partial charge is 0.496 e. The third-order valence-corrected chi connectivity index (χ3v) is 4.12. The van der Waals surface area contributed by atoms with Crippen LogP contribution in [0.1, 0.15) is 32.3 Å². The van der Waals surface area contributed by atoms with Crippen LogP contribution >= 0.6 is 0 Å². The minimum atomic E-state index is -0.689. The highest BCUT2D eigenvalue weighted by molar-refractivity contribution is 5.93. The Morgan fingerprint density at radius 1 is 1.31 bits per heavy atom. The highest BCUT2D eigenvalue weighted by Crippen LogP contribution is 2.24. The van der Waals surface area contributed by atoms with Gasteiger partial charge in [0.05, 0.1) is 13.7 Å². The van der Waals surface area contributed by atoms with E-state index in [1.54, 1.807) is 12.1 Å². The number of nitrogens with zero attached hydrogens (tertiary/aromatic N) is 2. The monoisotopic (exact) mass is 360 g/mol. The van der Waals surface area contributed by atoms with Crippen LogP contribution in [0.3, 0.4) is 0 Å². The molecule has 26 heavy (non-hydrogen) atoms. The van der Waals surface area contributed by atoms with E-state index in [0.29, 0.717) is 12.3 Å². The van der Waals surface area contributed by atoms with Crippen LogP contribution in [0.25, 0.3) is 0 Å². The number of H-pyrrole nitrogens is 1. The number of nitrogens with one attached hydrogen (secondary N) is 1. The van der Waals surface area contributed by atoms with Crippen molar-refractivity contribution in [2.24, 2.45) is 0 Å². The SMILES string of the molecule is CCCCn1c(N)c(N(Cc2ccccc2OC)C(C)=O)c(=O)[nH]c1=O. The first-order valence-corrected chi connectivity index (χ1v) is 8.43. The van der Waals surface area contributed by atoms with Crippen molar-refractivity contribution in [1.29, 1.82) is 0 Å². The second-order valence-electron chi connectivity index (χ2n) is 5.92. The molecule has 3 N–H and O–H groups in total. The van der Waals surface area contributed by atoms with E-state index in [1.165, 1.54) is 23.5 Å². The molecule has 8 nitrogen and oxygen atoms in total. The molecule has 8 heteroatoms.